The molecule has 4 nitrogen and oxygen atoms in total. The maximum Gasteiger partial charge on any atom is 0.227 e. The number of piperidine rings is 1. The van der Waals surface area contributed by atoms with Crippen LogP contribution in [0.3, 0.4) is 0 Å². The molecule has 0 unspecified atom stereocenters. The van der Waals surface area contributed by atoms with Crippen molar-refractivity contribution >= 4 is 5.91 Å². The van der Waals surface area contributed by atoms with Crippen molar-refractivity contribution in [2.75, 3.05) is 45.9 Å². The standard InChI is InChI=1S/C19H28N2O2/c1-2-20-11-12-23-16-19(14-20)9-6-10-21(15-19)18(22)13-17-7-4-3-5-8-17/h3-5,7-8H,2,6,9-16H2,1H3/t19-/m1/s1. The predicted molar refractivity (Wildman–Crippen MR) is 91.3 cm³/mol. The molecule has 2 fully saturated rings. The molecule has 1 spiro atoms. The highest BCUT2D eigenvalue weighted by Crippen LogP contribution is 2.33. The Kier molecular flexibility index (Phi) is 5.34. The van der Waals surface area contributed by atoms with E-state index in [-0.39, 0.29) is 11.3 Å². The third-order valence-corrected chi connectivity index (χ3v) is 5.18. The smallest absolute Gasteiger partial charge is 0.227 e. The van der Waals surface area contributed by atoms with Crippen molar-refractivity contribution in [2.45, 2.75) is 26.2 Å². The van der Waals surface area contributed by atoms with Crippen LogP contribution < -0.4 is 0 Å². The molecular weight excluding hydrogens is 288 g/mol. The topological polar surface area (TPSA) is 32.8 Å². The van der Waals surface area contributed by atoms with Crippen LogP contribution in [0.15, 0.2) is 30.3 Å². The van der Waals surface area contributed by atoms with Crippen LogP contribution in [-0.4, -0.2) is 61.6 Å². The van der Waals surface area contributed by atoms with Crippen molar-refractivity contribution in [3.8, 4) is 0 Å². The number of likely N-dealkylation sites (tertiary alicyclic amines) is 1. The van der Waals surface area contributed by atoms with Crippen LogP contribution in [0.4, 0.5) is 0 Å². The Morgan fingerprint density at radius 3 is 2.83 bits per heavy atom. The molecule has 0 radical (unpaired) electrons. The van der Waals surface area contributed by atoms with Crippen molar-refractivity contribution in [3.05, 3.63) is 35.9 Å². The predicted octanol–water partition coefficient (Wildman–Crippen LogP) is 2.19. The first-order chi connectivity index (χ1) is 11.2. The van der Waals surface area contributed by atoms with Gasteiger partial charge in [-0.1, -0.05) is 37.3 Å². The molecule has 0 N–H and O–H groups in total. The summed E-state index contributed by atoms with van der Waals surface area (Å²) in [6, 6.07) is 10.1. The Bertz CT molecular complexity index is 519. The highest BCUT2D eigenvalue weighted by atomic mass is 16.5. The van der Waals surface area contributed by atoms with E-state index >= 15 is 0 Å². The monoisotopic (exact) mass is 316 g/mol. The lowest BCUT2D eigenvalue weighted by molar-refractivity contribution is -0.135. The second kappa shape index (κ2) is 7.45. The van der Waals surface area contributed by atoms with E-state index in [0.717, 1.165) is 57.9 Å². The first kappa shape index (κ1) is 16.5. The van der Waals surface area contributed by atoms with Crippen molar-refractivity contribution in [1.82, 2.24) is 9.80 Å². The summed E-state index contributed by atoms with van der Waals surface area (Å²) >= 11 is 0. The lowest BCUT2D eigenvalue weighted by Gasteiger charge is -2.43. The zero-order valence-corrected chi connectivity index (χ0v) is 14.2. The van der Waals surface area contributed by atoms with E-state index < -0.39 is 0 Å². The molecule has 126 valence electrons. The van der Waals surface area contributed by atoms with Gasteiger partial charge in [0.2, 0.25) is 5.91 Å². The molecular formula is C19H28N2O2. The van der Waals surface area contributed by atoms with Crippen LogP contribution in [0.25, 0.3) is 0 Å². The summed E-state index contributed by atoms with van der Waals surface area (Å²) in [6.45, 7) is 8.67. The van der Waals surface area contributed by atoms with E-state index in [0.29, 0.717) is 6.42 Å². The van der Waals surface area contributed by atoms with Gasteiger partial charge in [-0.15, -0.1) is 0 Å². The van der Waals surface area contributed by atoms with Gasteiger partial charge in [-0.3, -0.25) is 4.79 Å². The summed E-state index contributed by atoms with van der Waals surface area (Å²) < 4.78 is 5.89. The minimum Gasteiger partial charge on any atom is -0.379 e. The van der Waals surface area contributed by atoms with Gasteiger partial charge < -0.3 is 14.5 Å². The third kappa shape index (κ3) is 4.12. The average molecular weight is 316 g/mol. The van der Waals surface area contributed by atoms with Crippen molar-refractivity contribution in [2.24, 2.45) is 5.41 Å². The first-order valence-corrected chi connectivity index (χ1v) is 8.83. The van der Waals surface area contributed by atoms with Crippen LogP contribution >= 0.6 is 0 Å². The van der Waals surface area contributed by atoms with Gasteiger partial charge in [0.1, 0.15) is 0 Å². The van der Waals surface area contributed by atoms with Gasteiger partial charge in [-0.05, 0) is 24.9 Å². The van der Waals surface area contributed by atoms with Crippen molar-refractivity contribution in [3.63, 3.8) is 0 Å². The van der Waals surface area contributed by atoms with E-state index in [1.54, 1.807) is 0 Å². The van der Waals surface area contributed by atoms with Crippen LogP contribution in [0.5, 0.6) is 0 Å². The fraction of sp³-hybridized carbons (Fsp3) is 0.632. The maximum atomic E-state index is 12.7. The van der Waals surface area contributed by atoms with E-state index in [2.05, 4.69) is 16.7 Å². The quantitative estimate of drug-likeness (QED) is 0.857. The minimum absolute atomic E-state index is 0.122. The maximum absolute atomic E-state index is 12.7. The molecule has 1 aromatic rings. The number of hydrogen-bond acceptors (Lipinski definition) is 3. The molecule has 0 aromatic heterocycles. The summed E-state index contributed by atoms with van der Waals surface area (Å²) in [5.41, 5.74) is 1.22. The van der Waals surface area contributed by atoms with Gasteiger partial charge in [0.05, 0.1) is 19.6 Å². The van der Waals surface area contributed by atoms with Gasteiger partial charge in [0, 0.05) is 31.6 Å². The molecule has 4 heteroatoms. The number of benzene rings is 1. The summed E-state index contributed by atoms with van der Waals surface area (Å²) in [5, 5.41) is 0. The van der Waals surface area contributed by atoms with Gasteiger partial charge >= 0.3 is 0 Å². The molecule has 2 aliphatic rings. The number of hydrogen-bond donors (Lipinski definition) is 0. The van der Waals surface area contributed by atoms with Crippen LogP contribution in [-0.2, 0) is 16.0 Å². The zero-order valence-electron chi connectivity index (χ0n) is 14.2. The number of nitrogens with zero attached hydrogens (tertiary/aromatic N) is 2. The summed E-state index contributed by atoms with van der Waals surface area (Å²) in [7, 11) is 0. The molecule has 1 amide bonds. The number of rotatable bonds is 3. The largest absolute Gasteiger partial charge is 0.379 e. The lowest BCUT2D eigenvalue weighted by atomic mass is 9.80. The third-order valence-electron chi connectivity index (χ3n) is 5.18. The average Bonchev–Trinajstić information content (AvgIpc) is 2.78. The lowest BCUT2D eigenvalue weighted by Crippen LogP contribution is -2.52. The Hall–Kier alpha value is -1.39. The molecule has 2 aliphatic heterocycles. The van der Waals surface area contributed by atoms with Crippen molar-refractivity contribution < 1.29 is 9.53 Å². The molecule has 3 rings (SSSR count). The molecule has 2 saturated heterocycles. The van der Waals surface area contributed by atoms with E-state index in [1.165, 1.54) is 6.42 Å². The molecule has 1 atom stereocenters. The Labute approximate surface area is 139 Å². The number of carbonyl (C=O) groups is 1. The summed E-state index contributed by atoms with van der Waals surface area (Å²) in [5.74, 6) is 0.252. The first-order valence-electron chi connectivity index (χ1n) is 8.83. The molecule has 0 bridgehead atoms. The van der Waals surface area contributed by atoms with E-state index in [4.69, 9.17) is 4.74 Å². The van der Waals surface area contributed by atoms with Crippen LogP contribution in [0.1, 0.15) is 25.3 Å². The molecule has 0 saturated carbocycles. The second-order valence-corrected chi connectivity index (χ2v) is 7.00. The van der Waals surface area contributed by atoms with Gasteiger partial charge in [0.25, 0.3) is 0 Å². The van der Waals surface area contributed by atoms with E-state index in [9.17, 15) is 4.79 Å². The molecule has 2 heterocycles. The SMILES string of the molecule is CCN1CCOC[C@]2(CCCN(C(=O)Cc3ccccc3)C2)C1. The highest BCUT2D eigenvalue weighted by molar-refractivity contribution is 5.78. The number of amides is 1. The second-order valence-electron chi connectivity index (χ2n) is 7.00. The normalized spacial score (nSPS) is 26.2. The number of likely N-dealkylation sites (N-methyl/N-ethyl adjacent to an activating group) is 1. The molecule has 1 aromatic carbocycles. The van der Waals surface area contributed by atoms with Crippen LogP contribution in [0.2, 0.25) is 0 Å². The van der Waals surface area contributed by atoms with Gasteiger partial charge in [-0.2, -0.15) is 0 Å². The van der Waals surface area contributed by atoms with Crippen LogP contribution in [0, 0.1) is 5.41 Å². The van der Waals surface area contributed by atoms with Gasteiger partial charge in [-0.25, -0.2) is 0 Å². The number of carbonyl (C=O) groups excluding carboxylic acids is 1. The molecule has 0 aliphatic carbocycles. The highest BCUT2D eigenvalue weighted by Gasteiger charge is 2.39. The summed E-state index contributed by atoms with van der Waals surface area (Å²) in [4.78, 5) is 17.2. The Balaban J connectivity index is 1.66. The Morgan fingerprint density at radius 1 is 1.22 bits per heavy atom. The fourth-order valence-corrected chi connectivity index (χ4v) is 3.90. The fourth-order valence-electron chi connectivity index (χ4n) is 3.90. The van der Waals surface area contributed by atoms with Crippen molar-refractivity contribution in [1.29, 1.82) is 0 Å². The number of ether oxygens (including phenoxy) is 1. The van der Waals surface area contributed by atoms with E-state index in [1.807, 2.05) is 30.3 Å². The van der Waals surface area contributed by atoms with Gasteiger partial charge in [0.15, 0.2) is 0 Å². The molecule has 23 heavy (non-hydrogen) atoms. The Morgan fingerprint density at radius 2 is 2.04 bits per heavy atom. The summed E-state index contributed by atoms with van der Waals surface area (Å²) in [6.07, 6.45) is 2.76. The zero-order chi connectivity index (χ0) is 16.1. The minimum atomic E-state index is 0.122.